The standard InChI is InChI=1S/C11H10N2O3S/c12-5-6-17-7-10(14)13-9-3-1-8(2-4-9)11(15)16/h1-4H,6-7H2,(H,13,14)(H,15,16). The molecule has 0 radical (unpaired) electrons. The van der Waals surface area contributed by atoms with Crippen LogP contribution in [0.2, 0.25) is 0 Å². The molecule has 1 aromatic rings. The van der Waals surface area contributed by atoms with Crippen LogP contribution in [-0.4, -0.2) is 28.5 Å². The lowest BCUT2D eigenvalue weighted by Crippen LogP contribution is -2.14. The van der Waals surface area contributed by atoms with Gasteiger partial charge in [0.1, 0.15) is 0 Å². The first-order valence-electron chi connectivity index (χ1n) is 4.71. The molecular weight excluding hydrogens is 240 g/mol. The molecule has 5 nitrogen and oxygen atoms in total. The summed E-state index contributed by atoms with van der Waals surface area (Å²) in [6.45, 7) is 0. The Bertz CT molecular complexity index is 451. The lowest BCUT2D eigenvalue weighted by atomic mass is 10.2. The number of carboxylic acid groups (broad SMARTS) is 1. The Kier molecular flexibility index (Phi) is 5.04. The van der Waals surface area contributed by atoms with Gasteiger partial charge < -0.3 is 10.4 Å². The van der Waals surface area contributed by atoms with Gasteiger partial charge in [-0.15, -0.1) is 11.8 Å². The van der Waals surface area contributed by atoms with Crippen LogP contribution in [0, 0.1) is 11.3 Å². The minimum Gasteiger partial charge on any atom is -0.478 e. The van der Waals surface area contributed by atoms with Gasteiger partial charge in [-0.25, -0.2) is 4.79 Å². The molecule has 0 aromatic heterocycles. The molecule has 0 fully saturated rings. The SMILES string of the molecule is N#CCSCC(=O)Nc1ccc(C(=O)O)cc1. The normalized spacial score (nSPS) is 9.35. The molecule has 0 aliphatic heterocycles. The van der Waals surface area contributed by atoms with Gasteiger partial charge >= 0.3 is 5.97 Å². The van der Waals surface area contributed by atoms with Crippen molar-refractivity contribution >= 4 is 29.3 Å². The third-order valence-corrected chi connectivity index (χ3v) is 2.61. The highest BCUT2D eigenvalue weighted by molar-refractivity contribution is 8.00. The molecule has 1 rings (SSSR count). The van der Waals surface area contributed by atoms with Gasteiger partial charge in [0.15, 0.2) is 0 Å². The zero-order valence-electron chi connectivity index (χ0n) is 8.84. The van der Waals surface area contributed by atoms with E-state index in [0.717, 1.165) is 0 Å². The van der Waals surface area contributed by atoms with Crippen LogP contribution in [0.4, 0.5) is 5.69 Å². The maximum atomic E-state index is 11.3. The number of amides is 1. The topological polar surface area (TPSA) is 90.2 Å². The molecule has 0 aliphatic rings. The van der Waals surface area contributed by atoms with Gasteiger partial charge in [-0.3, -0.25) is 4.79 Å². The summed E-state index contributed by atoms with van der Waals surface area (Å²) >= 11 is 1.22. The summed E-state index contributed by atoms with van der Waals surface area (Å²) < 4.78 is 0. The molecule has 0 spiro atoms. The minimum atomic E-state index is -1.01. The summed E-state index contributed by atoms with van der Waals surface area (Å²) in [4.78, 5) is 21.9. The Morgan fingerprint density at radius 3 is 2.53 bits per heavy atom. The zero-order valence-corrected chi connectivity index (χ0v) is 9.66. The van der Waals surface area contributed by atoms with Gasteiger partial charge in [-0.1, -0.05) is 0 Å². The molecule has 6 heteroatoms. The van der Waals surface area contributed by atoms with E-state index < -0.39 is 5.97 Å². The van der Waals surface area contributed by atoms with E-state index in [0.29, 0.717) is 5.69 Å². The smallest absolute Gasteiger partial charge is 0.335 e. The second-order valence-electron chi connectivity index (χ2n) is 3.08. The highest BCUT2D eigenvalue weighted by Crippen LogP contribution is 2.10. The van der Waals surface area contributed by atoms with E-state index >= 15 is 0 Å². The van der Waals surface area contributed by atoms with E-state index in [4.69, 9.17) is 10.4 Å². The number of anilines is 1. The van der Waals surface area contributed by atoms with Gasteiger partial charge in [0, 0.05) is 5.69 Å². The summed E-state index contributed by atoms with van der Waals surface area (Å²) in [7, 11) is 0. The number of carbonyl (C=O) groups is 2. The number of nitriles is 1. The van der Waals surface area contributed by atoms with Gasteiger partial charge in [-0.05, 0) is 24.3 Å². The van der Waals surface area contributed by atoms with Crippen LogP contribution in [0.3, 0.4) is 0 Å². The quantitative estimate of drug-likeness (QED) is 0.774. The molecule has 1 aromatic carbocycles. The van der Waals surface area contributed by atoms with Crippen molar-refractivity contribution in [3.63, 3.8) is 0 Å². The number of rotatable bonds is 5. The first-order chi connectivity index (χ1) is 8.13. The molecule has 0 saturated carbocycles. The number of hydrogen-bond donors (Lipinski definition) is 2. The van der Waals surface area contributed by atoms with Crippen LogP contribution < -0.4 is 5.32 Å². The Hall–Kier alpha value is -2.00. The average Bonchev–Trinajstić information content (AvgIpc) is 2.30. The highest BCUT2D eigenvalue weighted by atomic mass is 32.2. The van der Waals surface area contributed by atoms with Crippen LogP contribution in [-0.2, 0) is 4.79 Å². The molecule has 88 valence electrons. The van der Waals surface area contributed by atoms with Crippen molar-refractivity contribution in [2.45, 2.75) is 0 Å². The molecule has 1 amide bonds. The third-order valence-electron chi connectivity index (χ3n) is 1.82. The zero-order chi connectivity index (χ0) is 12.7. The molecule has 0 bridgehead atoms. The fourth-order valence-corrected chi connectivity index (χ4v) is 1.53. The average molecular weight is 250 g/mol. The Balaban J connectivity index is 2.49. The van der Waals surface area contributed by atoms with Crippen molar-refractivity contribution in [1.82, 2.24) is 0 Å². The van der Waals surface area contributed by atoms with Gasteiger partial charge in [-0.2, -0.15) is 5.26 Å². The van der Waals surface area contributed by atoms with E-state index in [1.165, 1.54) is 36.0 Å². The van der Waals surface area contributed by atoms with Crippen LogP contribution in [0.25, 0.3) is 0 Å². The predicted octanol–water partition coefficient (Wildman–Crippen LogP) is 1.58. The summed E-state index contributed by atoms with van der Waals surface area (Å²) in [5.41, 5.74) is 0.708. The fraction of sp³-hybridized carbons (Fsp3) is 0.182. The van der Waals surface area contributed by atoms with Crippen molar-refractivity contribution in [3.05, 3.63) is 29.8 Å². The number of carboxylic acids is 1. The van der Waals surface area contributed by atoms with E-state index in [1.54, 1.807) is 0 Å². The summed E-state index contributed by atoms with van der Waals surface area (Å²) in [6.07, 6.45) is 0. The van der Waals surface area contributed by atoms with Crippen molar-refractivity contribution in [3.8, 4) is 6.07 Å². The molecule has 0 heterocycles. The first-order valence-corrected chi connectivity index (χ1v) is 5.87. The predicted molar refractivity (Wildman–Crippen MR) is 65.0 cm³/mol. The van der Waals surface area contributed by atoms with Crippen molar-refractivity contribution < 1.29 is 14.7 Å². The first kappa shape index (κ1) is 13.1. The van der Waals surface area contributed by atoms with Crippen LogP contribution in [0.15, 0.2) is 24.3 Å². The van der Waals surface area contributed by atoms with E-state index in [2.05, 4.69) is 5.32 Å². The van der Waals surface area contributed by atoms with E-state index in [-0.39, 0.29) is 23.0 Å². The molecule has 2 N–H and O–H groups in total. The lowest BCUT2D eigenvalue weighted by Gasteiger charge is -2.04. The third kappa shape index (κ3) is 4.57. The molecular formula is C11H10N2O3S. The second kappa shape index (κ2) is 6.55. The molecule has 0 aliphatic carbocycles. The Morgan fingerprint density at radius 2 is 2.00 bits per heavy atom. The van der Waals surface area contributed by atoms with Crippen molar-refractivity contribution in [2.24, 2.45) is 0 Å². The van der Waals surface area contributed by atoms with E-state index in [1.807, 2.05) is 6.07 Å². The molecule has 0 unspecified atom stereocenters. The number of nitrogens with zero attached hydrogens (tertiary/aromatic N) is 1. The number of thioether (sulfide) groups is 1. The Labute approximate surface area is 102 Å². The largest absolute Gasteiger partial charge is 0.478 e. The summed E-state index contributed by atoms with van der Waals surface area (Å²) in [5, 5.41) is 19.6. The molecule has 17 heavy (non-hydrogen) atoms. The Morgan fingerprint density at radius 1 is 1.35 bits per heavy atom. The number of benzene rings is 1. The number of hydrogen-bond acceptors (Lipinski definition) is 4. The van der Waals surface area contributed by atoms with Crippen LogP contribution >= 0.6 is 11.8 Å². The minimum absolute atomic E-state index is 0.168. The highest BCUT2D eigenvalue weighted by Gasteiger charge is 2.04. The fourth-order valence-electron chi connectivity index (χ4n) is 1.08. The number of aromatic carboxylic acids is 1. The second-order valence-corrected chi connectivity index (χ2v) is 4.07. The van der Waals surface area contributed by atoms with Crippen LogP contribution in [0.1, 0.15) is 10.4 Å². The van der Waals surface area contributed by atoms with Gasteiger partial charge in [0.25, 0.3) is 0 Å². The molecule has 0 saturated heterocycles. The summed E-state index contributed by atoms with van der Waals surface area (Å²) in [5.74, 6) is -0.750. The maximum absolute atomic E-state index is 11.3. The lowest BCUT2D eigenvalue weighted by molar-refractivity contribution is -0.113. The maximum Gasteiger partial charge on any atom is 0.335 e. The van der Waals surface area contributed by atoms with E-state index in [9.17, 15) is 9.59 Å². The van der Waals surface area contributed by atoms with Crippen molar-refractivity contribution in [2.75, 3.05) is 16.8 Å². The summed E-state index contributed by atoms with van der Waals surface area (Å²) in [6, 6.07) is 7.81. The van der Waals surface area contributed by atoms with Gasteiger partial charge in [0.05, 0.1) is 23.1 Å². The number of nitrogens with one attached hydrogen (secondary N) is 1. The van der Waals surface area contributed by atoms with Gasteiger partial charge in [0.2, 0.25) is 5.91 Å². The number of carbonyl (C=O) groups excluding carboxylic acids is 1. The monoisotopic (exact) mass is 250 g/mol. The molecule has 0 atom stereocenters. The van der Waals surface area contributed by atoms with Crippen molar-refractivity contribution in [1.29, 1.82) is 5.26 Å². The van der Waals surface area contributed by atoms with Crippen LogP contribution in [0.5, 0.6) is 0 Å².